The topological polar surface area (TPSA) is 4.93 Å². The van der Waals surface area contributed by atoms with Crippen LogP contribution in [0.4, 0.5) is 0 Å². The molecule has 1 heteroatoms. The molecule has 0 aliphatic rings. The summed E-state index contributed by atoms with van der Waals surface area (Å²) in [5.41, 5.74) is 11.1. The van der Waals surface area contributed by atoms with Gasteiger partial charge in [0, 0.05) is 16.5 Å². The summed E-state index contributed by atoms with van der Waals surface area (Å²) in [7, 11) is 0. The summed E-state index contributed by atoms with van der Waals surface area (Å²) in [6.45, 7) is 0. The van der Waals surface area contributed by atoms with Crippen molar-refractivity contribution in [2.75, 3.05) is 0 Å². The molecule has 0 aliphatic heterocycles. The maximum Gasteiger partial charge on any atom is 0.0547 e. The standard InChI is InChI=1S/C52H33N/c1-3-14-35(15-4-1)50-41-19-7-9-21-43(41)51(44-22-10-8-20-42(44)50)36-28-26-34(27-29-36)40-24-13-16-37-33-47-38(32-46(37)40)30-31-49-52(47)45-23-11-12-25-48(45)53(49)39-17-5-2-6-18-39/h1-33H. The molecule has 0 fully saturated rings. The molecule has 0 atom stereocenters. The van der Waals surface area contributed by atoms with Crippen LogP contribution in [0.5, 0.6) is 0 Å². The van der Waals surface area contributed by atoms with Crippen molar-refractivity contribution in [2.24, 2.45) is 0 Å². The van der Waals surface area contributed by atoms with E-state index in [-0.39, 0.29) is 0 Å². The fraction of sp³-hybridized carbons (Fsp3) is 0. The molecule has 0 aliphatic carbocycles. The van der Waals surface area contributed by atoms with Gasteiger partial charge in [-0.25, -0.2) is 0 Å². The molecule has 0 spiro atoms. The zero-order valence-corrected chi connectivity index (χ0v) is 29.0. The highest BCUT2D eigenvalue weighted by atomic mass is 15.0. The summed E-state index contributed by atoms with van der Waals surface area (Å²) in [6, 6.07) is 73.4. The third-order valence-electron chi connectivity index (χ3n) is 11.1. The first-order valence-electron chi connectivity index (χ1n) is 18.4. The fourth-order valence-electron chi connectivity index (χ4n) is 8.84. The largest absolute Gasteiger partial charge is 0.309 e. The van der Waals surface area contributed by atoms with Gasteiger partial charge in [-0.2, -0.15) is 0 Å². The lowest BCUT2D eigenvalue weighted by molar-refractivity contribution is 1.18. The van der Waals surface area contributed by atoms with E-state index < -0.39 is 0 Å². The van der Waals surface area contributed by atoms with Gasteiger partial charge in [-0.05, 0) is 113 Å². The minimum Gasteiger partial charge on any atom is -0.309 e. The maximum absolute atomic E-state index is 2.40. The van der Waals surface area contributed by atoms with Gasteiger partial charge < -0.3 is 4.57 Å². The Labute approximate surface area is 307 Å². The molecule has 0 saturated carbocycles. The summed E-state index contributed by atoms with van der Waals surface area (Å²) < 4.78 is 2.40. The summed E-state index contributed by atoms with van der Waals surface area (Å²) in [6.07, 6.45) is 0. The molecule has 1 aromatic heterocycles. The minimum absolute atomic E-state index is 1.18. The van der Waals surface area contributed by atoms with Crippen molar-refractivity contribution in [1.29, 1.82) is 0 Å². The van der Waals surface area contributed by atoms with E-state index in [1.807, 2.05) is 0 Å². The molecule has 0 unspecified atom stereocenters. The van der Waals surface area contributed by atoms with E-state index in [0.717, 1.165) is 0 Å². The molecule has 1 nitrogen and oxygen atoms in total. The number of fused-ring (bicyclic) bond motifs is 8. The molecule has 10 aromatic carbocycles. The van der Waals surface area contributed by atoms with Crippen LogP contribution >= 0.6 is 0 Å². The molecule has 0 bridgehead atoms. The van der Waals surface area contributed by atoms with Crippen LogP contribution in [0.25, 0.3) is 104 Å². The summed E-state index contributed by atoms with van der Waals surface area (Å²) in [4.78, 5) is 0. The van der Waals surface area contributed by atoms with Crippen molar-refractivity contribution in [1.82, 2.24) is 4.57 Å². The second-order valence-electron chi connectivity index (χ2n) is 14.0. The quantitative estimate of drug-likeness (QED) is 0.164. The number of rotatable bonds is 4. The highest BCUT2D eigenvalue weighted by Crippen LogP contribution is 2.45. The smallest absolute Gasteiger partial charge is 0.0547 e. The molecule has 1 heterocycles. The number of nitrogens with zero attached hydrogens (tertiary/aromatic N) is 1. The van der Waals surface area contributed by atoms with Crippen molar-refractivity contribution in [3.63, 3.8) is 0 Å². The minimum atomic E-state index is 1.18. The van der Waals surface area contributed by atoms with Crippen molar-refractivity contribution in [3.05, 3.63) is 200 Å². The van der Waals surface area contributed by atoms with E-state index in [9.17, 15) is 0 Å². The van der Waals surface area contributed by atoms with Gasteiger partial charge in [0.15, 0.2) is 0 Å². The molecular weight excluding hydrogens is 639 g/mol. The van der Waals surface area contributed by atoms with Crippen LogP contribution < -0.4 is 0 Å². The van der Waals surface area contributed by atoms with Gasteiger partial charge in [0.2, 0.25) is 0 Å². The Balaban J connectivity index is 1.08. The first-order valence-corrected chi connectivity index (χ1v) is 18.4. The van der Waals surface area contributed by atoms with Crippen LogP contribution in [-0.2, 0) is 0 Å². The van der Waals surface area contributed by atoms with E-state index in [2.05, 4.69) is 205 Å². The molecule has 11 rings (SSSR count). The monoisotopic (exact) mass is 671 g/mol. The Morgan fingerprint density at radius 2 is 0.792 bits per heavy atom. The molecule has 0 radical (unpaired) electrons. The highest BCUT2D eigenvalue weighted by Gasteiger charge is 2.18. The van der Waals surface area contributed by atoms with Gasteiger partial charge in [0.05, 0.1) is 11.0 Å². The average molecular weight is 672 g/mol. The van der Waals surface area contributed by atoms with E-state index in [0.29, 0.717) is 0 Å². The molecule has 11 aromatic rings. The third kappa shape index (κ3) is 4.58. The van der Waals surface area contributed by atoms with Crippen LogP contribution in [0, 0.1) is 0 Å². The van der Waals surface area contributed by atoms with Gasteiger partial charge in [0.25, 0.3) is 0 Å². The van der Waals surface area contributed by atoms with Crippen LogP contribution in [0.3, 0.4) is 0 Å². The number of hydrogen-bond acceptors (Lipinski definition) is 0. The zero-order chi connectivity index (χ0) is 34.9. The van der Waals surface area contributed by atoms with Crippen LogP contribution in [0.1, 0.15) is 0 Å². The number of para-hydroxylation sites is 2. The molecule has 0 N–H and O–H groups in total. The zero-order valence-electron chi connectivity index (χ0n) is 29.0. The van der Waals surface area contributed by atoms with Crippen LogP contribution in [-0.4, -0.2) is 4.57 Å². The van der Waals surface area contributed by atoms with Gasteiger partial charge in [-0.15, -0.1) is 0 Å². The van der Waals surface area contributed by atoms with Crippen molar-refractivity contribution in [3.8, 4) is 39.1 Å². The van der Waals surface area contributed by atoms with Gasteiger partial charge in [0.1, 0.15) is 0 Å². The second-order valence-corrected chi connectivity index (χ2v) is 14.0. The average Bonchev–Trinajstić information content (AvgIpc) is 3.57. The lowest BCUT2D eigenvalue weighted by atomic mass is 9.85. The van der Waals surface area contributed by atoms with E-state index >= 15 is 0 Å². The predicted octanol–water partition coefficient (Wildman–Crippen LogP) is 14.4. The SMILES string of the molecule is c1ccc(-c2c3ccccc3c(-c3ccc(-c4cccc5cc6c(ccc7c6c6ccccc6n7-c6ccccc6)cc45)cc3)c3ccccc23)cc1. The van der Waals surface area contributed by atoms with Gasteiger partial charge in [-0.1, -0.05) is 164 Å². The Hall–Kier alpha value is -6.96. The number of hydrogen-bond donors (Lipinski definition) is 0. The van der Waals surface area contributed by atoms with Crippen LogP contribution in [0.2, 0.25) is 0 Å². The second kappa shape index (κ2) is 11.8. The Morgan fingerprint density at radius 3 is 1.45 bits per heavy atom. The number of benzene rings is 10. The van der Waals surface area contributed by atoms with Gasteiger partial charge >= 0.3 is 0 Å². The lowest BCUT2D eigenvalue weighted by Gasteiger charge is -2.18. The van der Waals surface area contributed by atoms with E-state index in [1.165, 1.54) is 104 Å². The first-order chi connectivity index (χ1) is 26.3. The lowest BCUT2D eigenvalue weighted by Crippen LogP contribution is -1.92. The normalized spacial score (nSPS) is 11.8. The predicted molar refractivity (Wildman–Crippen MR) is 227 cm³/mol. The molecule has 53 heavy (non-hydrogen) atoms. The molecule has 0 amide bonds. The summed E-state index contributed by atoms with van der Waals surface area (Å²) in [5, 5.41) is 12.7. The highest BCUT2D eigenvalue weighted by molar-refractivity contribution is 6.24. The van der Waals surface area contributed by atoms with Crippen LogP contribution in [0.15, 0.2) is 200 Å². The Bertz CT molecular complexity index is 3130. The Morgan fingerprint density at radius 1 is 0.283 bits per heavy atom. The fourth-order valence-corrected chi connectivity index (χ4v) is 8.84. The van der Waals surface area contributed by atoms with E-state index in [4.69, 9.17) is 0 Å². The Kier molecular flexibility index (Phi) is 6.62. The molecular formula is C52H33N. The van der Waals surface area contributed by atoms with Crippen molar-refractivity contribution < 1.29 is 0 Å². The molecule has 0 saturated heterocycles. The summed E-state index contributed by atoms with van der Waals surface area (Å²) in [5.74, 6) is 0. The third-order valence-corrected chi connectivity index (χ3v) is 11.1. The molecule has 246 valence electrons. The number of aromatic nitrogens is 1. The summed E-state index contributed by atoms with van der Waals surface area (Å²) >= 11 is 0. The van der Waals surface area contributed by atoms with Crippen molar-refractivity contribution >= 4 is 64.9 Å². The maximum atomic E-state index is 2.40. The van der Waals surface area contributed by atoms with E-state index in [1.54, 1.807) is 0 Å². The van der Waals surface area contributed by atoms with Gasteiger partial charge in [-0.3, -0.25) is 0 Å². The van der Waals surface area contributed by atoms with Crippen molar-refractivity contribution in [2.45, 2.75) is 0 Å². The first kappa shape index (κ1) is 29.7.